The molecule has 1 heterocycles. The molecule has 2 nitrogen and oxygen atoms in total. The molecule has 0 aromatic heterocycles. The minimum Gasteiger partial charge on any atom is -0.353 e. The minimum atomic E-state index is 0.103. The number of hydrogen-bond donors (Lipinski definition) is 0. The predicted octanol–water partition coefficient (Wildman–Crippen LogP) is 2.35. The lowest BCUT2D eigenvalue weighted by Crippen LogP contribution is -2.22. The first-order valence-corrected chi connectivity index (χ1v) is 5.75. The third-order valence-corrected chi connectivity index (χ3v) is 2.48. The molecule has 1 fully saturated rings. The molecule has 3 heteroatoms. The number of hydrogen-bond acceptors (Lipinski definition) is 2. The largest absolute Gasteiger partial charge is 0.353 e. The van der Waals surface area contributed by atoms with Crippen LogP contribution in [0.5, 0.6) is 0 Å². The number of alkyl halides is 1. The van der Waals surface area contributed by atoms with E-state index >= 15 is 0 Å². The van der Waals surface area contributed by atoms with E-state index < -0.39 is 0 Å². The van der Waals surface area contributed by atoms with Gasteiger partial charge < -0.3 is 9.47 Å². The molecular weight excluding hydrogens is 255 g/mol. The van der Waals surface area contributed by atoms with E-state index in [1.807, 2.05) is 0 Å². The SMILES string of the molecule is ICCCOC1CCCCO1. The summed E-state index contributed by atoms with van der Waals surface area (Å²) in [6, 6.07) is 0. The van der Waals surface area contributed by atoms with Gasteiger partial charge in [0.1, 0.15) is 0 Å². The van der Waals surface area contributed by atoms with Gasteiger partial charge in [-0.3, -0.25) is 0 Å². The Balaban J connectivity index is 1.96. The molecule has 0 spiro atoms. The zero-order chi connectivity index (χ0) is 7.94. The summed E-state index contributed by atoms with van der Waals surface area (Å²) in [7, 11) is 0. The van der Waals surface area contributed by atoms with Gasteiger partial charge in [0, 0.05) is 11.0 Å². The van der Waals surface area contributed by atoms with Crippen LogP contribution in [0.1, 0.15) is 25.7 Å². The minimum absolute atomic E-state index is 0.103. The Labute approximate surface area is 81.8 Å². The van der Waals surface area contributed by atoms with Crippen LogP contribution in [-0.2, 0) is 9.47 Å². The van der Waals surface area contributed by atoms with E-state index in [-0.39, 0.29) is 6.29 Å². The van der Waals surface area contributed by atoms with Gasteiger partial charge in [0.25, 0.3) is 0 Å². The van der Waals surface area contributed by atoms with E-state index in [1.54, 1.807) is 0 Å². The summed E-state index contributed by atoms with van der Waals surface area (Å²) >= 11 is 2.36. The third-order valence-electron chi connectivity index (χ3n) is 1.72. The molecule has 0 amide bonds. The fourth-order valence-corrected chi connectivity index (χ4v) is 1.42. The summed E-state index contributed by atoms with van der Waals surface area (Å²) < 4.78 is 12.1. The van der Waals surface area contributed by atoms with Gasteiger partial charge >= 0.3 is 0 Å². The number of halogens is 1. The van der Waals surface area contributed by atoms with Gasteiger partial charge in [0.15, 0.2) is 6.29 Å². The molecule has 1 saturated heterocycles. The van der Waals surface area contributed by atoms with Crippen molar-refractivity contribution < 1.29 is 9.47 Å². The van der Waals surface area contributed by atoms with Crippen molar-refractivity contribution >= 4 is 22.6 Å². The van der Waals surface area contributed by atoms with E-state index in [0.29, 0.717) is 0 Å². The molecule has 0 aliphatic carbocycles. The van der Waals surface area contributed by atoms with Crippen molar-refractivity contribution in [3.8, 4) is 0 Å². The molecule has 66 valence electrons. The quantitative estimate of drug-likeness (QED) is 0.443. The molecular formula is C8H15IO2. The highest BCUT2D eigenvalue weighted by molar-refractivity contribution is 14.1. The van der Waals surface area contributed by atoms with E-state index in [2.05, 4.69) is 22.6 Å². The van der Waals surface area contributed by atoms with Crippen molar-refractivity contribution in [2.24, 2.45) is 0 Å². The highest BCUT2D eigenvalue weighted by Gasteiger charge is 2.12. The van der Waals surface area contributed by atoms with Crippen molar-refractivity contribution in [3.63, 3.8) is 0 Å². The van der Waals surface area contributed by atoms with Crippen LogP contribution >= 0.6 is 22.6 Å². The first kappa shape index (κ1) is 9.74. The predicted molar refractivity (Wildman–Crippen MR) is 53.0 cm³/mol. The van der Waals surface area contributed by atoms with Crippen LogP contribution in [-0.4, -0.2) is 23.9 Å². The standard InChI is InChI=1S/C8H15IO2/c9-5-3-7-11-8-4-1-2-6-10-8/h8H,1-7H2. The summed E-state index contributed by atoms with van der Waals surface area (Å²) in [5, 5.41) is 0. The molecule has 1 rings (SSSR count). The van der Waals surface area contributed by atoms with Crippen LogP contribution in [0, 0.1) is 0 Å². The first-order valence-electron chi connectivity index (χ1n) is 4.22. The maximum atomic E-state index is 5.50. The van der Waals surface area contributed by atoms with Crippen LogP contribution in [0.15, 0.2) is 0 Å². The van der Waals surface area contributed by atoms with Gasteiger partial charge in [-0.25, -0.2) is 0 Å². The summed E-state index contributed by atoms with van der Waals surface area (Å²) in [6.45, 7) is 1.74. The highest BCUT2D eigenvalue weighted by Crippen LogP contribution is 2.13. The van der Waals surface area contributed by atoms with Crippen molar-refractivity contribution in [1.29, 1.82) is 0 Å². The third kappa shape index (κ3) is 4.28. The Morgan fingerprint density at radius 2 is 2.36 bits per heavy atom. The second-order valence-electron chi connectivity index (χ2n) is 2.71. The maximum absolute atomic E-state index is 5.50. The molecule has 0 radical (unpaired) electrons. The highest BCUT2D eigenvalue weighted by atomic mass is 127. The van der Waals surface area contributed by atoms with Gasteiger partial charge in [-0.05, 0) is 25.7 Å². The van der Waals surface area contributed by atoms with Crippen LogP contribution < -0.4 is 0 Å². The van der Waals surface area contributed by atoms with E-state index in [1.165, 1.54) is 17.3 Å². The number of ether oxygens (including phenoxy) is 2. The van der Waals surface area contributed by atoms with E-state index in [4.69, 9.17) is 9.47 Å². The number of rotatable bonds is 4. The fraction of sp³-hybridized carbons (Fsp3) is 1.00. The molecule has 0 aromatic rings. The van der Waals surface area contributed by atoms with Gasteiger partial charge in [-0.2, -0.15) is 0 Å². The lowest BCUT2D eigenvalue weighted by atomic mass is 10.2. The molecule has 0 aromatic carbocycles. The second kappa shape index (κ2) is 6.20. The lowest BCUT2D eigenvalue weighted by Gasteiger charge is -2.22. The smallest absolute Gasteiger partial charge is 0.157 e. The topological polar surface area (TPSA) is 18.5 Å². The van der Waals surface area contributed by atoms with Crippen molar-refractivity contribution in [3.05, 3.63) is 0 Å². The van der Waals surface area contributed by atoms with Crippen LogP contribution in [0.4, 0.5) is 0 Å². The molecule has 1 aliphatic heterocycles. The molecule has 0 saturated carbocycles. The summed E-state index contributed by atoms with van der Waals surface area (Å²) in [5.41, 5.74) is 0. The normalized spacial score (nSPS) is 25.4. The van der Waals surface area contributed by atoms with Crippen molar-refractivity contribution in [2.45, 2.75) is 32.0 Å². The van der Waals surface area contributed by atoms with Gasteiger partial charge in [-0.1, -0.05) is 22.6 Å². The van der Waals surface area contributed by atoms with Gasteiger partial charge in [0.05, 0.1) is 6.61 Å². The molecule has 0 bridgehead atoms. The zero-order valence-electron chi connectivity index (χ0n) is 6.72. The Kier molecular flexibility index (Phi) is 5.49. The molecule has 11 heavy (non-hydrogen) atoms. The Hall–Kier alpha value is 0.650. The summed E-state index contributed by atoms with van der Waals surface area (Å²) in [4.78, 5) is 0. The second-order valence-corrected chi connectivity index (χ2v) is 3.79. The van der Waals surface area contributed by atoms with Crippen molar-refractivity contribution in [1.82, 2.24) is 0 Å². The van der Waals surface area contributed by atoms with Crippen LogP contribution in [0.3, 0.4) is 0 Å². The lowest BCUT2D eigenvalue weighted by molar-refractivity contribution is -0.161. The molecule has 1 unspecified atom stereocenters. The van der Waals surface area contributed by atoms with Gasteiger partial charge in [0.2, 0.25) is 0 Å². The van der Waals surface area contributed by atoms with Gasteiger partial charge in [-0.15, -0.1) is 0 Å². The fourth-order valence-electron chi connectivity index (χ4n) is 1.11. The molecule has 0 N–H and O–H groups in total. The van der Waals surface area contributed by atoms with Crippen molar-refractivity contribution in [2.75, 3.05) is 17.6 Å². The zero-order valence-corrected chi connectivity index (χ0v) is 8.88. The first-order chi connectivity index (χ1) is 5.43. The average molecular weight is 270 g/mol. The average Bonchev–Trinajstić information content (AvgIpc) is 2.07. The summed E-state index contributed by atoms with van der Waals surface area (Å²) in [6.07, 6.45) is 4.79. The maximum Gasteiger partial charge on any atom is 0.157 e. The van der Waals surface area contributed by atoms with E-state index in [0.717, 1.165) is 26.1 Å². The summed E-state index contributed by atoms with van der Waals surface area (Å²) in [5.74, 6) is 0. The molecule has 1 atom stereocenters. The van der Waals surface area contributed by atoms with Crippen LogP contribution in [0.25, 0.3) is 0 Å². The Morgan fingerprint density at radius 1 is 1.45 bits per heavy atom. The van der Waals surface area contributed by atoms with Crippen LogP contribution in [0.2, 0.25) is 0 Å². The Morgan fingerprint density at radius 3 is 3.00 bits per heavy atom. The van der Waals surface area contributed by atoms with E-state index in [9.17, 15) is 0 Å². The Bertz CT molecular complexity index is 92.1. The molecule has 1 aliphatic rings. The monoisotopic (exact) mass is 270 g/mol.